The van der Waals surface area contributed by atoms with Crippen LogP contribution in [0.2, 0.25) is 0 Å². The van der Waals surface area contributed by atoms with E-state index in [1.54, 1.807) is 0 Å². The lowest BCUT2D eigenvalue weighted by atomic mass is 10.00. The third-order valence-corrected chi connectivity index (χ3v) is 3.95. The van der Waals surface area contributed by atoms with Gasteiger partial charge in [0.2, 0.25) is 0 Å². The van der Waals surface area contributed by atoms with E-state index in [2.05, 4.69) is 50.4 Å². The number of rotatable bonds is 6. The van der Waals surface area contributed by atoms with Gasteiger partial charge in [-0.3, -0.25) is 0 Å². The van der Waals surface area contributed by atoms with Crippen LogP contribution in [0, 0.1) is 12.8 Å². The van der Waals surface area contributed by atoms with E-state index in [-0.39, 0.29) is 0 Å². The monoisotopic (exact) mass is 231 g/mol. The van der Waals surface area contributed by atoms with Crippen LogP contribution in [0.1, 0.15) is 56.7 Å². The van der Waals surface area contributed by atoms with Gasteiger partial charge in [0.25, 0.3) is 0 Å². The van der Waals surface area contributed by atoms with Gasteiger partial charge in [-0.25, -0.2) is 0 Å². The molecule has 1 nitrogen and oxygen atoms in total. The van der Waals surface area contributed by atoms with Crippen LogP contribution < -0.4 is 5.32 Å². The minimum Gasteiger partial charge on any atom is -0.307 e. The molecule has 0 aromatic heterocycles. The lowest BCUT2D eigenvalue weighted by molar-refractivity contribution is 0.403. The Hall–Kier alpha value is -0.820. The van der Waals surface area contributed by atoms with E-state index in [9.17, 15) is 0 Å². The second kappa shape index (κ2) is 5.68. The van der Waals surface area contributed by atoms with Crippen molar-refractivity contribution in [2.75, 3.05) is 0 Å². The Bertz CT molecular complexity index is 354. The first-order valence-corrected chi connectivity index (χ1v) is 7.02. The van der Waals surface area contributed by atoms with Crippen LogP contribution in [0.5, 0.6) is 0 Å². The van der Waals surface area contributed by atoms with E-state index in [1.807, 2.05) is 0 Å². The Morgan fingerprint density at radius 2 is 2.00 bits per heavy atom. The van der Waals surface area contributed by atoms with Crippen LogP contribution in [0.3, 0.4) is 0 Å². The lowest BCUT2D eigenvalue weighted by Crippen LogP contribution is -2.31. The van der Waals surface area contributed by atoms with E-state index in [1.165, 1.54) is 36.8 Å². The second-order valence-electron chi connectivity index (χ2n) is 5.53. The summed E-state index contributed by atoms with van der Waals surface area (Å²) in [5.74, 6) is 1.01. The molecule has 0 heterocycles. The molecule has 1 aromatic carbocycles. The molecule has 2 rings (SSSR count). The zero-order valence-electron chi connectivity index (χ0n) is 11.4. The third kappa shape index (κ3) is 3.57. The molecule has 0 saturated heterocycles. The summed E-state index contributed by atoms with van der Waals surface area (Å²) in [6.45, 7) is 6.79. The van der Waals surface area contributed by atoms with Gasteiger partial charge in [-0.2, -0.15) is 0 Å². The molecule has 1 saturated carbocycles. The van der Waals surface area contributed by atoms with E-state index >= 15 is 0 Å². The first kappa shape index (κ1) is 12.6. The van der Waals surface area contributed by atoms with Gasteiger partial charge in [0.05, 0.1) is 0 Å². The molecular formula is C16H25N. The predicted molar refractivity (Wildman–Crippen MR) is 74.1 cm³/mol. The fourth-order valence-corrected chi connectivity index (χ4v) is 2.62. The first-order chi connectivity index (χ1) is 8.20. The van der Waals surface area contributed by atoms with Gasteiger partial charge in [0.1, 0.15) is 0 Å². The standard InChI is InChI=1S/C16H25N/c1-4-15(11-14-9-10-14)17-13(3)16-8-6-5-7-12(16)2/h5-8,13-15,17H,4,9-11H2,1-3H3. The summed E-state index contributed by atoms with van der Waals surface area (Å²) in [6, 6.07) is 9.87. The molecule has 1 heteroatoms. The van der Waals surface area contributed by atoms with Gasteiger partial charge >= 0.3 is 0 Å². The zero-order chi connectivity index (χ0) is 12.3. The van der Waals surface area contributed by atoms with Crippen molar-refractivity contribution in [3.63, 3.8) is 0 Å². The largest absolute Gasteiger partial charge is 0.307 e. The minimum absolute atomic E-state index is 0.472. The van der Waals surface area contributed by atoms with Crippen molar-refractivity contribution in [1.29, 1.82) is 0 Å². The maximum Gasteiger partial charge on any atom is 0.0296 e. The maximum absolute atomic E-state index is 3.80. The first-order valence-electron chi connectivity index (χ1n) is 7.02. The van der Waals surface area contributed by atoms with Crippen molar-refractivity contribution in [3.8, 4) is 0 Å². The average molecular weight is 231 g/mol. The number of aryl methyl sites for hydroxylation is 1. The van der Waals surface area contributed by atoms with Gasteiger partial charge in [-0.05, 0) is 43.7 Å². The molecule has 2 atom stereocenters. The highest BCUT2D eigenvalue weighted by Crippen LogP contribution is 2.34. The molecule has 0 radical (unpaired) electrons. The van der Waals surface area contributed by atoms with Gasteiger partial charge in [-0.1, -0.05) is 44.0 Å². The van der Waals surface area contributed by atoms with Crippen molar-refractivity contribution in [1.82, 2.24) is 5.32 Å². The minimum atomic E-state index is 0.472. The van der Waals surface area contributed by atoms with E-state index in [4.69, 9.17) is 0 Å². The Labute approximate surface area is 106 Å². The summed E-state index contributed by atoms with van der Waals surface area (Å²) >= 11 is 0. The van der Waals surface area contributed by atoms with Crippen molar-refractivity contribution in [2.24, 2.45) is 5.92 Å². The maximum atomic E-state index is 3.80. The molecule has 1 N–H and O–H groups in total. The molecule has 0 spiro atoms. The van der Waals surface area contributed by atoms with Gasteiger partial charge < -0.3 is 5.32 Å². The van der Waals surface area contributed by atoms with Crippen LogP contribution in [-0.4, -0.2) is 6.04 Å². The van der Waals surface area contributed by atoms with Gasteiger partial charge in [0.15, 0.2) is 0 Å². The topological polar surface area (TPSA) is 12.0 Å². The highest BCUT2D eigenvalue weighted by molar-refractivity contribution is 5.28. The molecule has 0 bridgehead atoms. The molecule has 94 valence electrons. The summed E-state index contributed by atoms with van der Waals surface area (Å²) in [5, 5.41) is 3.80. The molecule has 0 aliphatic heterocycles. The smallest absolute Gasteiger partial charge is 0.0296 e. The van der Waals surface area contributed by atoms with Gasteiger partial charge in [-0.15, -0.1) is 0 Å². The summed E-state index contributed by atoms with van der Waals surface area (Å²) in [4.78, 5) is 0. The fraction of sp³-hybridized carbons (Fsp3) is 0.625. The van der Waals surface area contributed by atoms with Crippen molar-refractivity contribution in [3.05, 3.63) is 35.4 Å². The van der Waals surface area contributed by atoms with Crippen molar-refractivity contribution < 1.29 is 0 Å². The van der Waals surface area contributed by atoms with Crippen molar-refractivity contribution in [2.45, 2.75) is 58.5 Å². The van der Waals surface area contributed by atoms with E-state index < -0.39 is 0 Å². The zero-order valence-corrected chi connectivity index (χ0v) is 11.4. The Morgan fingerprint density at radius 3 is 2.59 bits per heavy atom. The molecule has 1 aromatic rings. The fourth-order valence-electron chi connectivity index (χ4n) is 2.62. The molecule has 1 aliphatic carbocycles. The number of nitrogens with one attached hydrogen (secondary N) is 1. The second-order valence-corrected chi connectivity index (χ2v) is 5.53. The van der Waals surface area contributed by atoms with Crippen LogP contribution in [0.15, 0.2) is 24.3 Å². The number of hydrogen-bond donors (Lipinski definition) is 1. The normalized spacial score (nSPS) is 19.0. The molecule has 1 fully saturated rings. The van der Waals surface area contributed by atoms with Crippen LogP contribution in [-0.2, 0) is 0 Å². The summed E-state index contributed by atoms with van der Waals surface area (Å²) < 4.78 is 0. The molecular weight excluding hydrogens is 206 g/mol. The van der Waals surface area contributed by atoms with Gasteiger partial charge in [0, 0.05) is 12.1 Å². The Morgan fingerprint density at radius 1 is 1.29 bits per heavy atom. The van der Waals surface area contributed by atoms with E-state index in [0.717, 1.165) is 5.92 Å². The van der Waals surface area contributed by atoms with E-state index in [0.29, 0.717) is 12.1 Å². The molecule has 2 unspecified atom stereocenters. The summed E-state index contributed by atoms with van der Waals surface area (Å²) in [7, 11) is 0. The molecule has 0 amide bonds. The molecule has 1 aliphatic rings. The van der Waals surface area contributed by atoms with Crippen LogP contribution in [0.25, 0.3) is 0 Å². The highest BCUT2D eigenvalue weighted by atomic mass is 14.9. The van der Waals surface area contributed by atoms with Crippen LogP contribution in [0.4, 0.5) is 0 Å². The number of hydrogen-bond acceptors (Lipinski definition) is 1. The highest BCUT2D eigenvalue weighted by Gasteiger charge is 2.25. The SMILES string of the molecule is CCC(CC1CC1)NC(C)c1ccccc1C. The summed E-state index contributed by atoms with van der Waals surface area (Å²) in [6.07, 6.45) is 5.52. The third-order valence-electron chi connectivity index (χ3n) is 3.95. The van der Waals surface area contributed by atoms with Crippen molar-refractivity contribution >= 4 is 0 Å². The Kier molecular flexibility index (Phi) is 4.22. The average Bonchev–Trinajstić information content (AvgIpc) is 3.12. The number of benzene rings is 1. The van der Waals surface area contributed by atoms with Crippen LogP contribution >= 0.6 is 0 Å². The Balaban J connectivity index is 1.94. The summed E-state index contributed by atoms with van der Waals surface area (Å²) in [5.41, 5.74) is 2.84. The predicted octanol–water partition coefficient (Wildman–Crippen LogP) is 4.22. The molecule has 17 heavy (non-hydrogen) atoms. The lowest BCUT2D eigenvalue weighted by Gasteiger charge is -2.23. The quantitative estimate of drug-likeness (QED) is 0.772.